The number of hydrogen-bond donors (Lipinski definition) is 0. The van der Waals surface area contributed by atoms with E-state index >= 15 is 0 Å². The van der Waals surface area contributed by atoms with Gasteiger partial charge in [0.05, 0.1) is 0 Å². The summed E-state index contributed by atoms with van der Waals surface area (Å²) < 4.78 is 2.68. The Bertz CT molecular complexity index is 3000. The lowest BCUT2D eigenvalue weighted by Crippen LogP contribution is -2.17. The van der Waals surface area contributed by atoms with E-state index < -0.39 is 0 Å². The summed E-state index contributed by atoms with van der Waals surface area (Å²) in [7, 11) is 0. The molecule has 0 saturated heterocycles. The van der Waals surface area contributed by atoms with Crippen LogP contribution in [0.5, 0.6) is 0 Å². The highest BCUT2D eigenvalue weighted by atomic mass is 32.1. The fourth-order valence-electron chi connectivity index (χ4n) is 9.58. The summed E-state index contributed by atoms with van der Waals surface area (Å²) in [6.45, 7) is 9.44. The van der Waals surface area contributed by atoms with Crippen molar-refractivity contribution >= 4 is 59.3 Å². The maximum Gasteiger partial charge on any atom is 0.0468 e. The number of anilines is 3. The van der Waals surface area contributed by atoms with Crippen molar-refractivity contribution in [3.8, 4) is 33.4 Å². The van der Waals surface area contributed by atoms with Crippen LogP contribution < -0.4 is 4.90 Å². The number of nitrogens with zero attached hydrogens (tertiary/aromatic N) is 1. The molecule has 1 heterocycles. The summed E-state index contributed by atoms with van der Waals surface area (Å²) >= 11 is 1.88. The van der Waals surface area contributed by atoms with Crippen LogP contribution in [0.3, 0.4) is 0 Å². The lowest BCUT2D eigenvalue weighted by molar-refractivity contribution is 0.660. The average Bonchev–Trinajstić information content (AvgIpc) is 3.76. The molecule has 2 aliphatic carbocycles. The van der Waals surface area contributed by atoms with Gasteiger partial charge in [-0.15, -0.1) is 11.3 Å². The monoisotopic (exact) mass is 709 g/mol. The largest absolute Gasteiger partial charge is 0.310 e. The SMILES string of the molecule is CC1(C)c2ccccc2-c2cc(N(c3ccc(-c4ccc5cc6c(cc5c4)sc4ccccc46)cc3)c3ccc4c(c3)C(C)(C)c3ccccc3-4)ccc21. The normalized spacial score (nSPS) is 14.6. The summed E-state index contributed by atoms with van der Waals surface area (Å²) in [5.41, 5.74) is 16.7. The Labute approximate surface area is 320 Å². The number of hydrogen-bond acceptors (Lipinski definition) is 2. The Hall–Kier alpha value is -5.96. The molecule has 2 aliphatic rings. The van der Waals surface area contributed by atoms with E-state index in [0.29, 0.717) is 0 Å². The Balaban J connectivity index is 1.03. The molecule has 0 spiro atoms. The van der Waals surface area contributed by atoms with Gasteiger partial charge in [-0.2, -0.15) is 0 Å². The molecule has 0 bridgehead atoms. The van der Waals surface area contributed by atoms with Gasteiger partial charge in [0.1, 0.15) is 0 Å². The Morgan fingerprint density at radius 2 is 0.963 bits per heavy atom. The molecule has 0 unspecified atom stereocenters. The van der Waals surface area contributed by atoms with Gasteiger partial charge in [-0.1, -0.05) is 131 Å². The van der Waals surface area contributed by atoms with Gasteiger partial charge in [0.25, 0.3) is 0 Å². The molecule has 11 rings (SSSR count). The molecule has 1 aromatic heterocycles. The summed E-state index contributed by atoms with van der Waals surface area (Å²) in [6.07, 6.45) is 0. The molecule has 0 saturated carbocycles. The van der Waals surface area contributed by atoms with Crippen LogP contribution in [0.15, 0.2) is 164 Å². The molecule has 8 aromatic carbocycles. The van der Waals surface area contributed by atoms with E-state index in [1.54, 1.807) is 0 Å². The summed E-state index contributed by atoms with van der Waals surface area (Å²) in [4.78, 5) is 2.45. The maximum absolute atomic E-state index is 2.45. The first-order valence-corrected chi connectivity index (χ1v) is 19.8. The van der Waals surface area contributed by atoms with Gasteiger partial charge in [0, 0.05) is 48.1 Å². The fraction of sp³-hybridized carbons (Fsp3) is 0.115. The van der Waals surface area contributed by atoms with E-state index in [9.17, 15) is 0 Å². The first-order valence-electron chi connectivity index (χ1n) is 19.0. The van der Waals surface area contributed by atoms with Gasteiger partial charge in [0.15, 0.2) is 0 Å². The molecular weight excluding hydrogens is 671 g/mol. The van der Waals surface area contributed by atoms with E-state index in [4.69, 9.17) is 0 Å². The number of thiophene rings is 1. The van der Waals surface area contributed by atoms with Crippen LogP contribution in [0.1, 0.15) is 49.9 Å². The quantitative estimate of drug-likeness (QED) is 0.176. The molecule has 54 heavy (non-hydrogen) atoms. The van der Waals surface area contributed by atoms with Gasteiger partial charge in [-0.25, -0.2) is 0 Å². The van der Waals surface area contributed by atoms with Gasteiger partial charge in [0.2, 0.25) is 0 Å². The maximum atomic E-state index is 2.45. The van der Waals surface area contributed by atoms with Crippen LogP contribution >= 0.6 is 11.3 Å². The van der Waals surface area contributed by atoms with E-state index in [1.165, 1.54) is 98.0 Å². The zero-order chi connectivity index (χ0) is 36.3. The minimum Gasteiger partial charge on any atom is -0.310 e. The van der Waals surface area contributed by atoms with Gasteiger partial charge in [-0.05, 0) is 127 Å². The molecule has 0 fully saturated rings. The Morgan fingerprint density at radius 1 is 0.370 bits per heavy atom. The van der Waals surface area contributed by atoms with Crippen molar-refractivity contribution in [1.82, 2.24) is 0 Å². The lowest BCUT2D eigenvalue weighted by atomic mass is 9.82. The third-order valence-corrected chi connectivity index (χ3v) is 13.6. The van der Waals surface area contributed by atoms with Gasteiger partial charge in [-0.3, -0.25) is 0 Å². The van der Waals surface area contributed by atoms with Gasteiger partial charge >= 0.3 is 0 Å². The summed E-state index contributed by atoms with van der Waals surface area (Å²) in [5.74, 6) is 0. The number of fused-ring (bicyclic) bond motifs is 10. The molecule has 0 N–H and O–H groups in total. The topological polar surface area (TPSA) is 3.24 Å². The van der Waals surface area contributed by atoms with Crippen LogP contribution in [-0.2, 0) is 10.8 Å². The second kappa shape index (κ2) is 11.3. The minimum absolute atomic E-state index is 0.0388. The molecule has 0 amide bonds. The molecule has 0 aliphatic heterocycles. The fourth-order valence-corrected chi connectivity index (χ4v) is 10.7. The minimum atomic E-state index is -0.0874. The number of rotatable bonds is 4. The molecule has 0 atom stereocenters. The lowest BCUT2D eigenvalue weighted by Gasteiger charge is -2.29. The van der Waals surface area contributed by atoms with Crippen molar-refractivity contribution in [1.29, 1.82) is 0 Å². The van der Waals surface area contributed by atoms with E-state index in [0.717, 1.165) is 5.69 Å². The van der Waals surface area contributed by atoms with E-state index in [2.05, 4.69) is 196 Å². The third-order valence-electron chi connectivity index (χ3n) is 12.4. The Kier molecular flexibility index (Phi) is 6.59. The van der Waals surface area contributed by atoms with Crippen LogP contribution in [0.2, 0.25) is 0 Å². The van der Waals surface area contributed by atoms with Crippen LogP contribution in [0, 0.1) is 0 Å². The number of benzene rings is 8. The predicted octanol–water partition coefficient (Wildman–Crippen LogP) is 15.0. The molecular formula is C52H39NS. The standard InChI is InChI=1S/C52H39NS/c1-51(2)46-15-9-6-12-40(46)43-30-37(24-26-47(43)51)53(38-23-25-41-39-11-5-8-14-45(39)52(3,4)48(41)31-38)36-21-19-32(20-22-36)33-17-18-34-28-44-42-13-7-10-16-49(42)54-50(44)29-35(34)27-33/h5-31H,1-4H3. The highest BCUT2D eigenvalue weighted by molar-refractivity contribution is 7.25. The Morgan fingerprint density at radius 3 is 1.76 bits per heavy atom. The van der Waals surface area contributed by atoms with Crippen molar-refractivity contribution < 1.29 is 0 Å². The van der Waals surface area contributed by atoms with Crippen molar-refractivity contribution in [2.45, 2.75) is 38.5 Å². The van der Waals surface area contributed by atoms with Crippen LogP contribution in [0.4, 0.5) is 17.1 Å². The van der Waals surface area contributed by atoms with Crippen molar-refractivity contribution in [3.05, 3.63) is 186 Å². The van der Waals surface area contributed by atoms with Gasteiger partial charge < -0.3 is 4.90 Å². The predicted molar refractivity (Wildman–Crippen MR) is 232 cm³/mol. The zero-order valence-corrected chi connectivity index (χ0v) is 31.8. The summed E-state index contributed by atoms with van der Waals surface area (Å²) in [5, 5.41) is 5.25. The highest BCUT2D eigenvalue weighted by Gasteiger charge is 2.37. The zero-order valence-electron chi connectivity index (χ0n) is 30.9. The first-order chi connectivity index (χ1) is 26.3. The second-order valence-corrected chi connectivity index (χ2v) is 17.3. The third kappa shape index (κ3) is 4.50. The highest BCUT2D eigenvalue weighted by Crippen LogP contribution is 2.53. The van der Waals surface area contributed by atoms with Crippen molar-refractivity contribution in [2.24, 2.45) is 0 Å². The summed E-state index contributed by atoms with van der Waals surface area (Å²) in [6, 6.07) is 61.6. The molecule has 258 valence electrons. The van der Waals surface area contributed by atoms with E-state index in [-0.39, 0.29) is 10.8 Å². The molecule has 9 aromatic rings. The van der Waals surface area contributed by atoms with Crippen LogP contribution in [0.25, 0.3) is 64.3 Å². The molecule has 1 nitrogen and oxygen atoms in total. The van der Waals surface area contributed by atoms with Crippen LogP contribution in [-0.4, -0.2) is 0 Å². The molecule has 0 radical (unpaired) electrons. The molecule has 2 heteroatoms. The first kappa shape index (κ1) is 31.6. The van der Waals surface area contributed by atoms with Crippen molar-refractivity contribution in [2.75, 3.05) is 4.90 Å². The van der Waals surface area contributed by atoms with Crippen molar-refractivity contribution in [3.63, 3.8) is 0 Å². The van der Waals surface area contributed by atoms with E-state index in [1.807, 2.05) is 11.3 Å². The average molecular weight is 710 g/mol. The second-order valence-electron chi connectivity index (χ2n) is 16.2. The smallest absolute Gasteiger partial charge is 0.0468 e.